The Morgan fingerprint density at radius 1 is 1.04 bits per heavy atom. The smallest absolute Gasteiger partial charge is 0.310 e. The van der Waals surface area contributed by atoms with Crippen molar-refractivity contribution in [1.29, 1.82) is 0 Å². The molecule has 0 aliphatic heterocycles. The Labute approximate surface area is 135 Å². The number of anilines is 1. The highest BCUT2D eigenvalue weighted by atomic mass is 16.6. The number of aromatic hydroxyl groups is 1. The van der Waals surface area contributed by atoms with E-state index in [0.29, 0.717) is 5.56 Å². The fraction of sp³-hybridized carbons (Fsp3) is 0.222. The first-order valence-electron chi connectivity index (χ1n) is 7.55. The van der Waals surface area contributed by atoms with Crippen molar-refractivity contribution < 1.29 is 10.0 Å². The lowest BCUT2D eigenvalue weighted by Crippen LogP contribution is -2.21. The van der Waals surface area contributed by atoms with Crippen molar-refractivity contribution in [2.75, 3.05) is 18.0 Å². The molecule has 0 unspecified atom stereocenters. The van der Waals surface area contributed by atoms with E-state index >= 15 is 0 Å². The molecule has 23 heavy (non-hydrogen) atoms. The third kappa shape index (κ3) is 4.10. The minimum atomic E-state index is -0.602. The van der Waals surface area contributed by atoms with Crippen LogP contribution in [0.15, 0.2) is 42.5 Å². The summed E-state index contributed by atoms with van der Waals surface area (Å²) in [6.45, 7) is 6.18. The number of benzene rings is 2. The second-order valence-electron chi connectivity index (χ2n) is 5.10. The number of nitro benzene ring substituents is 1. The van der Waals surface area contributed by atoms with E-state index < -0.39 is 4.92 Å². The molecule has 0 saturated heterocycles. The van der Waals surface area contributed by atoms with E-state index in [-0.39, 0.29) is 11.4 Å². The predicted molar refractivity (Wildman–Crippen MR) is 93.7 cm³/mol. The van der Waals surface area contributed by atoms with Gasteiger partial charge >= 0.3 is 5.69 Å². The molecule has 120 valence electrons. The fourth-order valence-electron chi connectivity index (χ4n) is 2.38. The van der Waals surface area contributed by atoms with Crippen molar-refractivity contribution in [2.24, 2.45) is 0 Å². The van der Waals surface area contributed by atoms with Crippen LogP contribution in [0.1, 0.15) is 25.0 Å². The van der Waals surface area contributed by atoms with E-state index in [2.05, 4.69) is 30.9 Å². The molecule has 0 heterocycles. The van der Waals surface area contributed by atoms with Gasteiger partial charge in [0.1, 0.15) is 0 Å². The molecule has 0 amide bonds. The fourth-order valence-corrected chi connectivity index (χ4v) is 2.38. The first-order valence-corrected chi connectivity index (χ1v) is 7.55. The highest BCUT2D eigenvalue weighted by molar-refractivity contribution is 5.72. The summed E-state index contributed by atoms with van der Waals surface area (Å²) >= 11 is 0. The van der Waals surface area contributed by atoms with Crippen molar-refractivity contribution in [3.8, 4) is 5.75 Å². The highest BCUT2D eigenvalue weighted by Gasteiger charge is 2.11. The van der Waals surface area contributed by atoms with Crippen LogP contribution in [-0.2, 0) is 0 Å². The monoisotopic (exact) mass is 312 g/mol. The molecule has 0 saturated carbocycles. The summed E-state index contributed by atoms with van der Waals surface area (Å²) in [5.41, 5.74) is 2.63. The third-order valence-electron chi connectivity index (χ3n) is 3.69. The van der Waals surface area contributed by atoms with Crippen LogP contribution in [-0.4, -0.2) is 23.1 Å². The molecule has 1 N–H and O–H groups in total. The zero-order chi connectivity index (χ0) is 16.8. The zero-order valence-corrected chi connectivity index (χ0v) is 13.3. The molecule has 0 radical (unpaired) electrons. The molecule has 2 aromatic rings. The average molecular weight is 312 g/mol. The number of rotatable bonds is 6. The van der Waals surface area contributed by atoms with Crippen LogP contribution in [0.4, 0.5) is 11.4 Å². The number of nitrogens with zero attached hydrogens (tertiary/aromatic N) is 2. The first-order chi connectivity index (χ1) is 11.0. The van der Waals surface area contributed by atoms with Gasteiger partial charge in [-0.15, -0.1) is 0 Å². The molecule has 0 fully saturated rings. The summed E-state index contributed by atoms with van der Waals surface area (Å²) in [6, 6.07) is 12.5. The number of nitro groups is 1. The average Bonchev–Trinajstić information content (AvgIpc) is 2.55. The number of hydrogen-bond acceptors (Lipinski definition) is 4. The minimum Gasteiger partial charge on any atom is -0.502 e. The standard InChI is InChI=1S/C18H20N2O3/c1-3-19(4-2)16-10-7-14(8-11-16)5-6-15-9-12-17(20(22)23)18(21)13-15/h5-13,21H,3-4H2,1-2H3/b6-5+. The van der Waals surface area contributed by atoms with Gasteiger partial charge in [-0.2, -0.15) is 0 Å². The molecule has 0 aliphatic rings. The quantitative estimate of drug-likeness (QED) is 0.490. The SMILES string of the molecule is CCN(CC)c1ccc(/C=C/c2ccc([N+](=O)[O-])c(O)c2)cc1. The van der Waals surface area contributed by atoms with Gasteiger partial charge in [0.05, 0.1) is 4.92 Å². The summed E-state index contributed by atoms with van der Waals surface area (Å²) in [7, 11) is 0. The molecule has 2 rings (SSSR count). The predicted octanol–water partition coefficient (Wildman–Crippen LogP) is 4.32. The Morgan fingerprint density at radius 2 is 1.61 bits per heavy atom. The van der Waals surface area contributed by atoms with Crippen LogP contribution in [0.5, 0.6) is 5.75 Å². The molecule has 0 aromatic heterocycles. The van der Waals surface area contributed by atoms with Crippen LogP contribution >= 0.6 is 0 Å². The van der Waals surface area contributed by atoms with Gasteiger partial charge in [-0.05, 0) is 49.2 Å². The second-order valence-corrected chi connectivity index (χ2v) is 5.10. The molecule has 5 heteroatoms. The normalized spacial score (nSPS) is 10.9. The van der Waals surface area contributed by atoms with Crippen LogP contribution in [0.2, 0.25) is 0 Å². The van der Waals surface area contributed by atoms with Gasteiger partial charge in [-0.25, -0.2) is 0 Å². The maximum Gasteiger partial charge on any atom is 0.310 e. The minimum absolute atomic E-state index is 0.286. The molecule has 0 spiro atoms. The van der Waals surface area contributed by atoms with E-state index in [1.54, 1.807) is 6.07 Å². The summed E-state index contributed by atoms with van der Waals surface area (Å²) in [5.74, 6) is -0.325. The molecule has 0 aliphatic carbocycles. The van der Waals surface area contributed by atoms with E-state index in [9.17, 15) is 15.2 Å². The Hall–Kier alpha value is -2.82. The lowest BCUT2D eigenvalue weighted by molar-refractivity contribution is -0.385. The van der Waals surface area contributed by atoms with Gasteiger partial charge < -0.3 is 10.0 Å². The Morgan fingerprint density at radius 3 is 2.13 bits per heavy atom. The van der Waals surface area contributed by atoms with Crippen molar-refractivity contribution >= 4 is 23.5 Å². The van der Waals surface area contributed by atoms with Gasteiger partial charge in [-0.1, -0.05) is 24.3 Å². The lowest BCUT2D eigenvalue weighted by atomic mass is 10.1. The van der Waals surface area contributed by atoms with Crippen LogP contribution < -0.4 is 4.90 Å². The van der Waals surface area contributed by atoms with Gasteiger partial charge in [0.25, 0.3) is 0 Å². The number of phenolic OH excluding ortho intramolecular Hbond substituents is 1. The molecule has 0 atom stereocenters. The zero-order valence-electron chi connectivity index (χ0n) is 13.3. The Bertz CT molecular complexity index is 705. The molecular weight excluding hydrogens is 292 g/mol. The second kappa shape index (κ2) is 7.45. The van der Waals surface area contributed by atoms with E-state index in [1.165, 1.54) is 17.8 Å². The third-order valence-corrected chi connectivity index (χ3v) is 3.69. The maximum absolute atomic E-state index is 10.7. The number of hydrogen-bond donors (Lipinski definition) is 1. The molecule has 5 nitrogen and oxygen atoms in total. The first kappa shape index (κ1) is 16.5. The topological polar surface area (TPSA) is 66.6 Å². The van der Waals surface area contributed by atoms with E-state index in [4.69, 9.17) is 0 Å². The molecular formula is C18H20N2O3. The summed E-state index contributed by atoms with van der Waals surface area (Å²) in [4.78, 5) is 12.3. The molecule has 0 bridgehead atoms. The van der Waals surface area contributed by atoms with Gasteiger partial charge in [0, 0.05) is 24.8 Å². The van der Waals surface area contributed by atoms with Gasteiger partial charge in [0.2, 0.25) is 0 Å². The Kier molecular flexibility index (Phi) is 5.36. The van der Waals surface area contributed by atoms with Crippen molar-refractivity contribution in [3.05, 3.63) is 63.7 Å². The summed E-state index contributed by atoms with van der Waals surface area (Å²) in [5, 5.41) is 20.3. The largest absolute Gasteiger partial charge is 0.502 e. The molecule has 2 aromatic carbocycles. The van der Waals surface area contributed by atoms with Crippen LogP contribution in [0, 0.1) is 10.1 Å². The van der Waals surface area contributed by atoms with E-state index in [0.717, 1.165) is 18.7 Å². The van der Waals surface area contributed by atoms with E-state index in [1.807, 2.05) is 24.3 Å². The van der Waals surface area contributed by atoms with Crippen molar-refractivity contribution in [3.63, 3.8) is 0 Å². The van der Waals surface area contributed by atoms with Gasteiger partial charge in [-0.3, -0.25) is 10.1 Å². The maximum atomic E-state index is 10.7. The summed E-state index contributed by atoms with van der Waals surface area (Å²) in [6.07, 6.45) is 3.72. The number of phenols is 1. The highest BCUT2D eigenvalue weighted by Crippen LogP contribution is 2.27. The van der Waals surface area contributed by atoms with Crippen LogP contribution in [0.3, 0.4) is 0 Å². The van der Waals surface area contributed by atoms with Crippen LogP contribution in [0.25, 0.3) is 12.2 Å². The van der Waals surface area contributed by atoms with Gasteiger partial charge in [0.15, 0.2) is 5.75 Å². The summed E-state index contributed by atoms with van der Waals surface area (Å²) < 4.78 is 0. The van der Waals surface area contributed by atoms with Crippen molar-refractivity contribution in [1.82, 2.24) is 0 Å². The van der Waals surface area contributed by atoms with Crippen molar-refractivity contribution in [2.45, 2.75) is 13.8 Å². The Balaban J connectivity index is 2.14. The lowest BCUT2D eigenvalue weighted by Gasteiger charge is -2.20.